The summed E-state index contributed by atoms with van der Waals surface area (Å²) in [7, 11) is 0. The SMILES string of the molecule is CCc1cnc(N2C[C@H]3CN(C(=O)c4ccsc4)C[C@H]3C2)nc1. The maximum atomic E-state index is 12.5. The molecule has 0 N–H and O–H groups in total. The lowest BCUT2D eigenvalue weighted by molar-refractivity contribution is 0.0783. The number of fused-ring (bicyclic) bond motifs is 1. The van der Waals surface area contributed by atoms with Crippen LogP contribution >= 0.6 is 11.3 Å². The molecule has 4 heterocycles. The third-order valence-electron chi connectivity index (χ3n) is 4.92. The van der Waals surface area contributed by atoms with Gasteiger partial charge in [-0.1, -0.05) is 6.92 Å². The largest absolute Gasteiger partial charge is 0.340 e. The molecule has 0 radical (unpaired) electrons. The Bertz CT molecular complexity index is 671. The second kappa shape index (κ2) is 5.92. The number of hydrogen-bond donors (Lipinski definition) is 0. The van der Waals surface area contributed by atoms with E-state index in [2.05, 4.69) is 21.8 Å². The van der Waals surface area contributed by atoms with E-state index in [-0.39, 0.29) is 5.91 Å². The summed E-state index contributed by atoms with van der Waals surface area (Å²) in [5.41, 5.74) is 1.99. The Morgan fingerprint density at radius 2 is 1.91 bits per heavy atom. The number of carbonyl (C=O) groups excluding carboxylic acids is 1. The third kappa shape index (κ3) is 2.72. The molecule has 2 aromatic heterocycles. The zero-order valence-electron chi connectivity index (χ0n) is 13.2. The van der Waals surface area contributed by atoms with Crippen LogP contribution in [0.4, 0.5) is 5.95 Å². The Morgan fingerprint density at radius 3 is 2.48 bits per heavy atom. The zero-order valence-corrected chi connectivity index (χ0v) is 14.0. The maximum absolute atomic E-state index is 12.5. The van der Waals surface area contributed by atoms with Crippen LogP contribution in [0.3, 0.4) is 0 Å². The average molecular weight is 328 g/mol. The summed E-state index contributed by atoms with van der Waals surface area (Å²) in [5.74, 6) is 2.07. The van der Waals surface area contributed by atoms with Crippen LogP contribution in [0.15, 0.2) is 29.2 Å². The van der Waals surface area contributed by atoms with Gasteiger partial charge in [0.1, 0.15) is 0 Å². The van der Waals surface area contributed by atoms with Crippen LogP contribution in [0.5, 0.6) is 0 Å². The van der Waals surface area contributed by atoms with E-state index >= 15 is 0 Å². The van der Waals surface area contributed by atoms with Crippen molar-refractivity contribution in [3.63, 3.8) is 0 Å². The lowest BCUT2D eigenvalue weighted by Crippen LogP contribution is -2.33. The highest BCUT2D eigenvalue weighted by molar-refractivity contribution is 7.08. The smallest absolute Gasteiger partial charge is 0.254 e. The summed E-state index contributed by atoms with van der Waals surface area (Å²) >= 11 is 1.58. The lowest BCUT2D eigenvalue weighted by Gasteiger charge is -2.21. The van der Waals surface area contributed by atoms with E-state index in [1.165, 1.54) is 5.56 Å². The van der Waals surface area contributed by atoms with Crippen molar-refractivity contribution in [3.05, 3.63) is 40.3 Å². The van der Waals surface area contributed by atoms with Crippen molar-refractivity contribution in [2.45, 2.75) is 13.3 Å². The summed E-state index contributed by atoms with van der Waals surface area (Å²) in [4.78, 5) is 25.7. The van der Waals surface area contributed by atoms with Gasteiger partial charge in [0.15, 0.2) is 0 Å². The molecule has 2 aromatic rings. The Hall–Kier alpha value is -1.95. The van der Waals surface area contributed by atoms with E-state index in [1.807, 2.05) is 34.1 Å². The maximum Gasteiger partial charge on any atom is 0.254 e. The number of amides is 1. The minimum Gasteiger partial charge on any atom is -0.340 e. The summed E-state index contributed by atoms with van der Waals surface area (Å²) in [6.45, 7) is 5.70. The van der Waals surface area contributed by atoms with Gasteiger partial charge in [-0.15, -0.1) is 0 Å². The van der Waals surface area contributed by atoms with Gasteiger partial charge in [0.2, 0.25) is 5.95 Å². The minimum absolute atomic E-state index is 0.177. The van der Waals surface area contributed by atoms with Crippen LogP contribution in [-0.4, -0.2) is 47.0 Å². The van der Waals surface area contributed by atoms with Crippen LogP contribution in [-0.2, 0) is 6.42 Å². The number of hydrogen-bond acceptors (Lipinski definition) is 5. The molecule has 2 aliphatic heterocycles. The van der Waals surface area contributed by atoms with Crippen molar-refractivity contribution in [2.24, 2.45) is 11.8 Å². The van der Waals surface area contributed by atoms with E-state index in [1.54, 1.807) is 11.3 Å². The van der Waals surface area contributed by atoms with E-state index < -0.39 is 0 Å². The summed E-state index contributed by atoms with van der Waals surface area (Å²) in [6.07, 6.45) is 4.80. The quantitative estimate of drug-likeness (QED) is 0.867. The fraction of sp³-hybridized carbons (Fsp3) is 0.471. The monoisotopic (exact) mass is 328 g/mol. The van der Waals surface area contributed by atoms with Crippen LogP contribution < -0.4 is 4.90 Å². The van der Waals surface area contributed by atoms with Crippen molar-refractivity contribution < 1.29 is 4.79 Å². The molecule has 120 valence electrons. The Kier molecular flexibility index (Phi) is 3.77. The van der Waals surface area contributed by atoms with E-state index in [0.717, 1.165) is 44.1 Å². The van der Waals surface area contributed by atoms with Crippen molar-refractivity contribution in [2.75, 3.05) is 31.1 Å². The standard InChI is InChI=1S/C17H20N4OS/c1-2-12-5-18-17(19-6-12)21-9-14-7-20(8-15(14)10-21)16(22)13-3-4-23-11-13/h3-6,11,14-15H,2,7-10H2,1H3/t14-,15+. The molecule has 0 saturated carbocycles. The summed E-state index contributed by atoms with van der Waals surface area (Å²) in [6, 6.07) is 1.91. The third-order valence-corrected chi connectivity index (χ3v) is 5.61. The molecule has 1 amide bonds. The van der Waals surface area contributed by atoms with Gasteiger partial charge in [-0.25, -0.2) is 9.97 Å². The van der Waals surface area contributed by atoms with Crippen LogP contribution in [0.2, 0.25) is 0 Å². The summed E-state index contributed by atoms with van der Waals surface area (Å²) in [5, 5.41) is 3.90. The molecule has 6 heteroatoms. The molecule has 4 rings (SSSR count). The molecule has 0 bridgehead atoms. The van der Waals surface area contributed by atoms with Gasteiger partial charge in [-0.3, -0.25) is 4.79 Å². The Labute approximate surface area is 140 Å². The van der Waals surface area contributed by atoms with Crippen molar-refractivity contribution in [1.29, 1.82) is 0 Å². The molecule has 5 nitrogen and oxygen atoms in total. The van der Waals surface area contributed by atoms with Gasteiger partial charge in [-0.05, 0) is 23.4 Å². The lowest BCUT2D eigenvalue weighted by atomic mass is 10.0. The number of carbonyl (C=O) groups is 1. The average Bonchev–Trinajstić information content (AvgIpc) is 3.29. The molecule has 0 unspecified atom stereocenters. The number of anilines is 1. The molecule has 2 fully saturated rings. The van der Waals surface area contributed by atoms with Gasteiger partial charge in [0.05, 0.1) is 5.56 Å². The molecule has 0 spiro atoms. The van der Waals surface area contributed by atoms with Gasteiger partial charge >= 0.3 is 0 Å². The summed E-state index contributed by atoms with van der Waals surface area (Å²) < 4.78 is 0. The van der Waals surface area contributed by atoms with Crippen molar-refractivity contribution >= 4 is 23.2 Å². The van der Waals surface area contributed by atoms with Crippen molar-refractivity contribution in [1.82, 2.24) is 14.9 Å². The predicted molar refractivity (Wildman–Crippen MR) is 90.8 cm³/mol. The van der Waals surface area contributed by atoms with E-state index in [4.69, 9.17) is 0 Å². The Balaban J connectivity index is 1.40. The first-order valence-electron chi connectivity index (χ1n) is 8.12. The zero-order chi connectivity index (χ0) is 15.8. The Morgan fingerprint density at radius 1 is 1.22 bits per heavy atom. The molecule has 0 aliphatic carbocycles. The predicted octanol–water partition coefficient (Wildman–Crippen LogP) is 2.31. The first-order valence-corrected chi connectivity index (χ1v) is 9.06. The van der Waals surface area contributed by atoms with Gasteiger partial charge < -0.3 is 9.80 Å². The molecule has 2 atom stereocenters. The number of thiophene rings is 1. The van der Waals surface area contributed by atoms with Gasteiger partial charge in [0, 0.05) is 55.8 Å². The topological polar surface area (TPSA) is 49.3 Å². The highest BCUT2D eigenvalue weighted by Crippen LogP contribution is 2.33. The fourth-order valence-electron chi connectivity index (χ4n) is 3.58. The number of rotatable bonds is 3. The number of nitrogens with zero attached hydrogens (tertiary/aromatic N) is 4. The molecular weight excluding hydrogens is 308 g/mol. The van der Waals surface area contributed by atoms with Gasteiger partial charge in [0.25, 0.3) is 5.91 Å². The van der Waals surface area contributed by atoms with Gasteiger partial charge in [-0.2, -0.15) is 11.3 Å². The van der Waals surface area contributed by atoms with E-state index in [0.29, 0.717) is 11.8 Å². The molecular formula is C17H20N4OS. The highest BCUT2D eigenvalue weighted by Gasteiger charge is 2.42. The first kappa shape index (κ1) is 14.6. The van der Waals surface area contributed by atoms with E-state index in [9.17, 15) is 4.79 Å². The number of aromatic nitrogens is 2. The molecule has 0 aromatic carbocycles. The second-order valence-electron chi connectivity index (χ2n) is 6.39. The number of likely N-dealkylation sites (tertiary alicyclic amines) is 1. The minimum atomic E-state index is 0.177. The van der Waals surface area contributed by atoms with Crippen LogP contribution in [0.25, 0.3) is 0 Å². The molecule has 23 heavy (non-hydrogen) atoms. The van der Waals surface area contributed by atoms with Crippen molar-refractivity contribution in [3.8, 4) is 0 Å². The molecule has 2 aliphatic rings. The molecule has 2 saturated heterocycles. The van der Waals surface area contributed by atoms with Crippen LogP contribution in [0.1, 0.15) is 22.8 Å². The normalized spacial score (nSPS) is 23.3. The second-order valence-corrected chi connectivity index (χ2v) is 7.17. The number of aryl methyl sites for hydroxylation is 1. The van der Waals surface area contributed by atoms with Crippen LogP contribution in [0, 0.1) is 11.8 Å². The highest BCUT2D eigenvalue weighted by atomic mass is 32.1. The fourth-order valence-corrected chi connectivity index (χ4v) is 4.21. The first-order chi connectivity index (χ1) is 11.2.